The summed E-state index contributed by atoms with van der Waals surface area (Å²) in [7, 11) is -0.140. The first kappa shape index (κ1) is 20.7. The van der Waals surface area contributed by atoms with E-state index in [0.29, 0.717) is 17.8 Å². The Hall–Kier alpha value is -2.61. The first-order valence-corrected chi connectivity index (χ1v) is 10.3. The molecule has 1 aromatic heterocycles. The van der Waals surface area contributed by atoms with E-state index in [1.54, 1.807) is 50.4 Å². The number of sulfonamides is 1. The number of anilines is 1. The molecule has 8 heteroatoms. The smallest absolute Gasteiger partial charge is 0.254 e. The van der Waals surface area contributed by atoms with Crippen LogP contribution in [0.4, 0.5) is 5.69 Å². The number of amides is 1. The van der Waals surface area contributed by atoms with Crippen molar-refractivity contribution in [1.29, 1.82) is 0 Å². The lowest BCUT2D eigenvalue weighted by Gasteiger charge is -2.20. The summed E-state index contributed by atoms with van der Waals surface area (Å²) >= 11 is 0. The Morgan fingerprint density at radius 1 is 1.22 bits per heavy atom. The van der Waals surface area contributed by atoms with Gasteiger partial charge in [0.2, 0.25) is 10.0 Å². The molecular formula is C19H25N3O4S. The zero-order valence-electron chi connectivity index (χ0n) is 16.5. The summed E-state index contributed by atoms with van der Waals surface area (Å²) in [5.41, 5.74) is 4.09. The number of benzene rings is 1. The van der Waals surface area contributed by atoms with Gasteiger partial charge in [-0.1, -0.05) is 6.07 Å². The Morgan fingerprint density at radius 2 is 1.89 bits per heavy atom. The number of pyridine rings is 1. The first-order valence-electron chi connectivity index (χ1n) is 8.36. The number of nitrogens with one attached hydrogen (secondary N) is 1. The third kappa shape index (κ3) is 4.97. The van der Waals surface area contributed by atoms with Gasteiger partial charge in [0.05, 0.1) is 31.3 Å². The normalized spacial score (nSPS) is 11.2. The van der Waals surface area contributed by atoms with E-state index in [4.69, 9.17) is 4.74 Å². The third-order valence-electron chi connectivity index (χ3n) is 4.26. The molecule has 0 aliphatic carbocycles. The summed E-state index contributed by atoms with van der Waals surface area (Å²) in [4.78, 5) is 18.8. The monoisotopic (exact) mass is 391 g/mol. The van der Waals surface area contributed by atoms with Crippen LogP contribution in [-0.4, -0.2) is 44.6 Å². The molecule has 2 rings (SSSR count). The van der Waals surface area contributed by atoms with E-state index in [2.05, 4.69) is 9.71 Å². The number of aromatic nitrogens is 1. The van der Waals surface area contributed by atoms with E-state index in [0.717, 1.165) is 34.4 Å². The van der Waals surface area contributed by atoms with Crippen molar-refractivity contribution in [3.8, 4) is 5.75 Å². The van der Waals surface area contributed by atoms with Crippen molar-refractivity contribution < 1.29 is 17.9 Å². The molecule has 0 saturated carbocycles. The van der Waals surface area contributed by atoms with Crippen LogP contribution < -0.4 is 9.46 Å². The van der Waals surface area contributed by atoms with Crippen molar-refractivity contribution in [1.82, 2.24) is 9.88 Å². The molecule has 146 valence electrons. The van der Waals surface area contributed by atoms with Crippen LogP contribution in [0.1, 0.15) is 32.7 Å². The van der Waals surface area contributed by atoms with Gasteiger partial charge < -0.3 is 9.64 Å². The number of hydrogen-bond donors (Lipinski definition) is 1. The van der Waals surface area contributed by atoms with E-state index in [1.165, 1.54) is 0 Å². The molecule has 0 bridgehead atoms. The number of methoxy groups -OCH3 is 1. The summed E-state index contributed by atoms with van der Waals surface area (Å²) in [6.45, 7) is 5.91. The summed E-state index contributed by atoms with van der Waals surface area (Å²) in [6, 6.07) is 4.94. The van der Waals surface area contributed by atoms with Crippen LogP contribution in [0, 0.1) is 20.8 Å². The maximum absolute atomic E-state index is 12.8. The summed E-state index contributed by atoms with van der Waals surface area (Å²) in [6.07, 6.45) is 2.80. The zero-order chi connectivity index (χ0) is 20.4. The van der Waals surface area contributed by atoms with Gasteiger partial charge in [0.1, 0.15) is 5.75 Å². The van der Waals surface area contributed by atoms with Crippen LogP contribution in [0.15, 0.2) is 24.4 Å². The fourth-order valence-electron chi connectivity index (χ4n) is 2.81. The molecule has 1 amide bonds. The molecule has 0 unspecified atom stereocenters. The molecule has 1 aromatic carbocycles. The predicted octanol–water partition coefficient (Wildman–Crippen LogP) is 2.66. The van der Waals surface area contributed by atoms with Gasteiger partial charge in [0.15, 0.2) is 0 Å². The molecular weight excluding hydrogens is 366 g/mol. The lowest BCUT2D eigenvalue weighted by atomic mass is 10.1. The Balaban J connectivity index is 2.27. The minimum Gasteiger partial charge on any atom is -0.496 e. The topological polar surface area (TPSA) is 88.6 Å². The average Bonchev–Trinajstić information content (AvgIpc) is 2.58. The van der Waals surface area contributed by atoms with Crippen LogP contribution in [0.3, 0.4) is 0 Å². The van der Waals surface area contributed by atoms with E-state index >= 15 is 0 Å². The predicted molar refractivity (Wildman–Crippen MR) is 106 cm³/mol. The highest BCUT2D eigenvalue weighted by molar-refractivity contribution is 7.92. The summed E-state index contributed by atoms with van der Waals surface area (Å²) in [5.74, 6) is 0.531. The standard InChI is InChI=1S/C19H25N3O4S/c1-12-7-8-15(9-16(12)21-27(6,24)25)19(23)22(4)11-17-14(3)18(26-5)13(2)10-20-17/h7-10,21H,11H2,1-6H3. The molecule has 2 aromatic rings. The number of rotatable bonds is 6. The minimum atomic E-state index is -3.43. The fraction of sp³-hybridized carbons (Fsp3) is 0.368. The van der Waals surface area contributed by atoms with Crippen molar-refractivity contribution in [3.05, 3.63) is 52.3 Å². The quantitative estimate of drug-likeness (QED) is 0.818. The first-order chi connectivity index (χ1) is 12.5. The maximum Gasteiger partial charge on any atom is 0.254 e. The van der Waals surface area contributed by atoms with Crippen molar-refractivity contribution in [2.24, 2.45) is 0 Å². The lowest BCUT2D eigenvalue weighted by Crippen LogP contribution is -2.27. The summed E-state index contributed by atoms with van der Waals surface area (Å²) < 4.78 is 30.9. The number of aryl methyl sites for hydroxylation is 2. The van der Waals surface area contributed by atoms with Gasteiger partial charge in [-0.2, -0.15) is 0 Å². The van der Waals surface area contributed by atoms with Crippen molar-refractivity contribution in [2.45, 2.75) is 27.3 Å². The second-order valence-electron chi connectivity index (χ2n) is 6.61. The van der Waals surface area contributed by atoms with Gasteiger partial charge in [-0.25, -0.2) is 8.42 Å². The van der Waals surface area contributed by atoms with Crippen molar-refractivity contribution in [3.63, 3.8) is 0 Å². The molecule has 1 N–H and O–H groups in total. The molecule has 1 heterocycles. The van der Waals surface area contributed by atoms with Crippen LogP contribution >= 0.6 is 0 Å². The van der Waals surface area contributed by atoms with E-state index in [-0.39, 0.29) is 5.91 Å². The molecule has 0 spiro atoms. The van der Waals surface area contributed by atoms with Crippen LogP contribution in [0.25, 0.3) is 0 Å². The maximum atomic E-state index is 12.8. The highest BCUT2D eigenvalue weighted by Gasteiger charge is 2.17. The molecule has 0 fully saturated rings. The highest BCUT2D eigenvalue weighted by Crippen LogP contribution is 2.25. The molecule has 0 saturated heterocycles. The number of hydrogen-bond acceptors (Lipinski definition) is 5. The molecule has 27 heavy (non-hydrogen) atoms. The SMILES string of the molecule is COc1c(C)cnc(CN(C)C(=O)c2ccc(C)c(NS(C)(=O)=O)c2)c1C. The van der Waals surface area contributed by atoms with E-state index < -0.39 is 10.0 Å². The van der Waals surface area contributed by atoms with Gasteiger partial charge in [0, 0.05) is 29.9 Å². The van der Waals surface area contributed by atoms with Gasteiger partial charge in [-0.05, 0) is 38.5 Å². The van der Waals surface area contributed by atoms with Gasteiger partial charge in [-0.3, -0.25) is 14.5 Å². The summed E-state index contributed by atoms with van der Waals surface area (Å²) in [5, 5.41) is 0. The second-order valence-corrected chi connectivity index (χ2v) is 8.36. The van der Waals surface area contributed by atoms with Gasteiger partial charge in [-0.15, -0.1) is 0 Å². The molecule has 0 aliphatic rings. The Kier molecular flexibility index (Phi) is 6.10. The van der Waals surface area contributed by atoms with Crippen LogP contribution in [-0.2, 0) is 16.6 Å². The van der Waals surface area contributed by atoms with Gasteiger partial charge in [0.25, 0.3) is 5.91 Å². The Bertz CT molecular complexity index is 971. The second kappa shape index (κ2) is 7.96. The molecule has 0 atom stereocenters. The zero-order valence-corrected chi connectivity index (χ0v) is 17.3. The fourth-order valence-corrected chi connectivity index (χ4v) is 3.43. The van der Waals surface area contributed by atoms with E-state index in [1.807, 2.05) is 13.8 Å². The largest absolute Gasteiger partial charge is 0.496 e. The van der Waals surface area contributed by atoms with Gasteiger partial charge >= 0.3 is 0 Å². The Labute approximate surface area is 160 Å². The Morgan fingerprint density at radius 3 is 2.48 bits per heavy atom. The number of ether oxygens (including phenoxy) is 1. The lowest BCUT2D eigenvalue weighted by molar-refractivity contribution is 0.0783. The number of carbonyl (C=O) groups excluding carboxylic acids is 1. The number of carbonyl (C=O) groups is 1. The van der Waals surface area contributed by atoms with Crippen LogP contribution in [0.2, 0.25) is 0 Å². The molecule has 0 aliphatic heterocycles. The number of nitrogens with zero attached hydrogens (tertiary/aromatic N) is 2. The minimum absolute atomic E-state index is 0.229. The highest BCUT2D eigenvalue weighted by atomic mass is 32.2. The van der Waals surface area contributed by atoms with Crippen molar-refractivity contribution in [2.75, 3.05) is 25.1 Å². The van der Waals surface area contributed by atoms with Crippen molar-refractivity contribution >= 4 is 21.6 Å². The molecule has 0 radical (unpaired) electrons. The average molecular weight is 391 g/mol. The van der Waals surface area contributed by atoms with E-state index in [9.17, 15) is 13.2 Å². The molecule has 7 nitrogen and oxygen atoms in total. The third-order valence-corrected chi connectivity index (χ3v) is 4.85. The van der Waals surface area contributed by atoms with Crippen LogP contribution in [0.5, 0.6) is 5.75 Å².